The Hall–Kier alpha value is -5.32. The molecule has 0 aromatic rings. The summed E-state index contributed by atoms with van der Waals surface area (Å²) < 4.78 is 68.3. The third-order valence-corrected chi connectivity index (χ3v) is 17.4. The van der Waals surface area contributed by atoms with Crippen molar-refractivity contribution in [3.63, 3.8) is 0 Å². The Labute approximate surface area is 617 Å². The summed E-state index contributed by atoms with van der Waals surface area (Å²) in [6.45, 7) is 4.33. The molecule has 19 heteroatoms. The van der Waals surface area contributed by atoms with Gasteiger partial charge in [0, 0.05) is 19.3 Å². The molecular formula is C83H136O17P2. The van der Waals surface area contributed by atoms with Crippen molar-refractivity contribution in [3.8, 4) is 0 Å². The van der Waals surface area contributed by atoms with E-state index in [9.17, 15) is 43.2 Å². The van der Waals surface area contributed by atoms with E-state index < -0.39 is 97.5 Å². The Morgan fingerprint density at radius 3 is 0.882 bits per heavy atom. The first-order chi connectivity index (χ1) is 49.7. The minimum absolute atomic E-state index is 0.0739. The molecule has 0 spiro atoms. The number of allylic oxidation sites excluding steroid dienone is 25. The maximum atomic E-state index is 13.1. The van der Waals surface area contributed by atoms with Gasteiger partial charge in [0.05, 0.1) is 32.8 Å². The van der Waals surface area contributed by atoms with Gasteiger partial charge in [-0.2, -0.15) is 0 Å². The van der Waals surface area contributed by atoms with Crippen LogP contribution < -0.4 is 0 Å². The molecule has 0 aromatic carbocycles. The first-order valence-electron chi connectivity index (χ1n) is 38.7. The van der Waals surface area contributed by atoms with Gasteiger partial charge in [0.15, 0.2) is 12.2 Å². The number of unbranched alkanes of at least 4 members (excludes halogenated alkanes) is 20. The van der Waals surface area contributed by atoms with E-state index in [1.54, 1.807) is 12.2 Å². The zero-order chi connectivity index (χ0) is 74.6. The molecule has 3 N–H and O–H groups in total. The van der Waals surface area contributed by atoms with E-state index in [-0.39, 0.29) is 25.7 Å². The number of hydrogen-bond acceptors (Lipinski definition) is 15. The number of phosphoric ester groups is 2. The average Bonchev–Trinajstić information content (AvgIpc) is 0.925. The van der Waals surface area contributed by atoms with E-state index >= 15 is 0 Å². The first-order valence-corrected chi connectivity index (χ1v) is 41.7. The smallest absolute Gasteiger partial charge is 0.462 e. The number of carbonyl (C=O) groups is 4. The maximum absolute atomic E-state index is 13.1. The second kappa shape index (κ2) is 74.0. The lowest BCUT2D eigenvalue weighted by molar-refractivity contribution is -0.161. The quantitative estimate of drug-likeness (QED) is 0.0169. The number of ether oxygens (including phenoxy) is 4. The lowest BCUT2D eigenvalue weighted by Crippen LogP contribution is -2.30. The molecule has 102 heavy (non-hydrogen) atoms. The molecule has 17 nitrogen and oxygen atoms in total. The highest BCUT2D eigenvalue weighted by atomic mass is 31.2. The third kappa shape index (κ3) is 73.0. The summed E-state index contributed by atoms with van der Waals surface area (Å²) in [4.78, 5) is 72.8. The van der Waals surface area contributed by atoms with Crippen LogP contribution in [0.25, 0.3) is 0 Å². The van der Waals surface area contributed by atoms with Crippen molar-refractivity contribution in [2.75, 3.05) is 39.6 Å². The molecule has 0 saturated heterocycles. The van der Waals surface area contributed by atoms with Gasteiger partial charge < -0.3 is 33.8 Å². The van der Waals surface area contributed by atoms with E-state index in [4.69, 9.17) is 37.0 Å². The van der Waals surface area contributed by atoms with Gasteiger partial charge in [-0.1, -0.05) is 276 Å². The van der Waals surface area contributed by atoms with Crippen molar-refractivity contribution < 1.29 is 80.2 Å². The van der Waals surface area contributed by atoms with Gasteiger partial charge in [-0.25, -0.2) is 9.13 Å². The molecule has 0 radical (unpaired) electrons. The number of esters is 4. The number of rotatable bonds is 71. The Balaban J connectivity index is 5.40. The van der Waals surface area contributed by atoms with Crippen LogP contribution in [-0.4, -0.2) is 96.7 Å². The topological polar surface area (TPSA) is 237 Å². The van der Waals surface area contributed by atoms with E-state index in [1.807, 2.05) is 12.2 Å². The van der Waals surface area contributed by atoms with E-state index in [2.05, 4.69) is 161 Å². The molecule has 580 valence electrons. The van der Waals surface area contributed by atoms with Crippen LogP contribution in [0.1, 0.15) is 285 Å². The molecule has 5 atom stereocenters. The second-order valence-corrected chi connectivity index (χ2v) is 28.1. The average molecular weight is 1470 g/mol. The van der Waals surface area contributed by atoms with Gasteiger partial charge in [-0.3, -0.25) is 37.3 Å². The van der Waals surface area contributed by atoms with Crippen molar-refractivity contribution >= 4 is 39.5 Å². The third-order valence-electron chi connectivity index (χ3n) is 15.5. The maximum Gasteiger partial charge on any atom is 0.472 e. The standard InChI is InChI=1S/C83H136O17P2/c1-5-9-13-17-21-25-29-32-35-37-38-40-43-45-49-52-56-60-64-68-80(85)93-73-78(99-82(87)69-65-61-57-53-47-28-24-20-16-12-8-4)75-97-101(89,90)95-71-77(84)72-96-102(91,92)98-76-79(100-83(88)70-66-62-58-54-50-46-41-34-31-27-23-19-15-11-7-3)74-94-81(86)67-63-59-55-51-48-44-42-39-36-33-30-26-22-18-14-10-6-2/h9-11,13-15,20-27,32-36,38,40-41,50,54,62,66,77-79,84H,5-8,12,16-19,28-31,37,39,42-49,51-53,55-61,63-65,67-76H2,1-4H3,(H,89,90)(H,91,92)/b13-9-,14-10-,15-11-,24-20-,25-21-,26-22-,27-23-,35-32-,36-33-,40-38-,41-34-,54-50-,66-62-. The van der Waals surface area contributed by atoms with Crippen molar-refractivity contribution in [3.05, 3.63) is 158 Å². The molecule has 0 amide bonds. The fourth-order valence-corrected chi connectivity index (χ4v) is 11.3. The molecule has 0 heterocycles. The lowest BCUT2D eigenvalue weighted by atomic mass is 10.1. The number of aliphatic hydroxyl groups is 1. The number of aliphatic hydroxyl groups excluding tert-OH is 1. The normalized spacial score (nSPS) is 14.8. The molecule has 0 fully saturated rings. The molecule has 0 aromatic heterocycles. The molecule has 0 aliphatic rings. The Morgan fingerprint density at radius 1 is 0.294 bits per heavy atom. The van der Waals surface area contributed by atoms with E-state index in [1.165, 1.54) is 12.8 Å². The second-order valence-electron chi connectivity index (χ2n) is 25.2. The monoisotopic (exact) mass is 1470 g/mol. The number of hydrogen-bond donors (Lipinski definition) is 3. The van der Waals surface area contributed by atoms with Crippen LogP contribution in [-0.2, 0) is 65.4 Å². The Kier molecular flexibility index (Phi) is 70.1. The molecule has 0 aliphatic heterocycles. The SMILES string of the molecule is CC/C=C\C/C=C\C/C=C\C/C=C\C/C=C\CC(=O)OC(COC(=O)CCCCCCCCC/C=C\C/C=C\C/C=C\CC)COP(=O)(O)OCC(O)COP(=O)(O)OCC(COC(=O)CCCCCCCC/C=C\C/C=C\C/C=C\C/C=C\CC)OC(=O)CCCCCCC/C=C\CCCC. The van der Waals surface area contributed by atoms with Crippen LogP contribution in [0.5, 0.6) is 0 Å². The summed E-state index contributed by atoms with van der Waals surface area (Å²) in [6, 6.07) is 0. The Bertz CT molecular complexity index is 2550. The first kappa shape index (κ1) is 96.7. The molecule has 0 bridgehead atoms. The van der Waals surface area contributed by atoms with Gasteiger partial charge in [0.1, 0.15) is 19.3 Å². The van der Waals surface area contributed by atoms with Gasteiger partial charge in [-0.15, -0.1) is 0 Å². The summed E-state index contributed by atoms with van der Waals surface area (Å²) in [5.74, 6) is -2.37. The fraction of sp³-hybridized carbons (Fsp3) is 0.639. The summed E-state index contributed by atoms with van der Waals surface area (Å²) in [5.41, 5.74) is 0. The Morgan fingerprint density at radius 2 is 0.549 bits per heavy atom. The predicted octanol–water partition coefficient (Wildman–Crippen LogP) is 22.4. The zero-order valence-corrected chi connectivity index (χ0v) is 65.0. The zero-order valence-electron chi connectivity index (χ0n) is 63.2. The summed E-state index contributed by atoms with van der Waals surface area (Å²) >= 11 is 0. The molecule has 0 saturated carbocycles. The van der Waals surface area contributed by atoms with Crippen LogP contribution in [0, 0.1) is 0 Å². The van der Waals surface area contributed by atoms with Gasteiger partial charge in [0.25, 0.3) is 0 Å². The van der Waals surface area contributed by atoms with Crippen molar-refractivity contribution in [1.82, 2.24) is 0 Å². The molecule has 0 aliphatic carbocycles. The van der Waals surface area contributed by atoms with Crippen LogP contribution in [0.3, 0.4) is 0 Å². The number of carbonyl (C=O) groups excluding carboxylic acids is 4. The summed E-state index contributed by atoms with van der Waals surface area (Å²) in [6.07, 6.45) is 85.5. The van der Waals surface area contributed by atoms with Crippen LogP contribution in [0.15, 0.2) is 158 Å². The van der Waals surface area contributed by atoms with Crippen LogP contribution >= 0.6 is 15.6 Å². The van der Waals surface area contributed by atoms with E-state index in [0.29, 0.717) is 25.7 Å². The fourth-order valence-electron chi connectivity index (χ4n) is 9.69. The van der Waals surface area contributed by atoms with Crippen LogP contribution in [0.2, 0.25) is 0 Å². The van der Waals surface area contributed by atoms with Gasteiger partial charge >= 0.3 is 39.5 Å². The minimum Gasteiger partial charge on any atom is -0.462 e. The van der Waals surface area contributed by atoms with E-state index in [0.717, 1.165) is 193 Å². The van der Waals surface area contributed by atoms with Gasteiger partial charge in [-0.05, 0) is 141 Å². The largest absolute Gasteiger partial charge is 0.472 e. The highest BCUT2D eigenvalue weighted by Crippen LogP contribution is 2.45. The van der Waals surface area contributed by atoms with Gasteiger partial charge in [0.2, 0.25) is 0 Å². The lowest BCUT2D eigenvalue weighted by Gasteiger charge is -2.21. The molecule has 5 unspecified atom stereocenters. The number of phosphoric acid groups is 2. The minimum atomic E-state index is -5.01. The van der Waals surface area contributed by atoms with Crippen LogP contribution in [0.4, 0.5) is 0 Å². The van der Waals surface area contributed by atoms with Crippen molar-refractivity contribution in [1.29, 1.82) is 0 Å². The highest BCUT2D eigenvalue weighted by molar-refractivity contribution is 7.47. The van der Waals surface area contributed by atoms with Crippen molar-refractivity contribution in [2.45, 2.75) is 303 Å². The van der Waals surface area contributed by atoms with Crippen molar-refractivity contribution in [2.24, 2.45) is 0 Å². The molecule has 0 rings (SSSR count). The summed E-state index contributed by atoms with van der Waals surface area (Å²) in [5, 5.41) is 10.6. The predicted molar refractivity (Wildman–Crippen MR) is 417 cm³/mol. The highest BCUT2D eigenvalue weighted by Gasteiger charge is 2.30. The summed E-state index contributed by atoms with van der Waals surface area (Å²) in [7, 11) is -10.00. The molecular weight excluding hydrogens is 1330 g/mol.